The van der Waals surface area contributed by atoms with Gasteiger partial charge >= 0.3 is 0 Å². The average Bonchev–Trinajstić information content (AvgIpc) is 3.61. The lowest BCUT2D eigenvalue weighted by molar-refractivity contribution is 0.348. The van der Waals surface area contributed by atoms with Gasteiger partial charge in [-0.25, -0.2) is 0 Å². The van der Waals surface area contributed by atoms with Crippen LogP contribution in [-0.2, 0) is 11.8 Å². The average molecular weight is 780 g/mol. The highest BCUT2D eigenvalue weighted by atomic mass is 15.1. The summed E-state index contributed by atoms with van der Waals surface area (Å²) < 4.78 is 0. The number of anilines is 3. The molecule has 61 heavy (non-hydrogen) atoms. The van der Waals surface area contributed by atoms with Crippen molar-refractivity contribution in [2.24, 2.45) is 5.92 Å². The minimum atomic E-state index is -0.361. The van der Waals surface area contributed by atoms with Crippen molar-refractivity contribution >= 4 is 33.4 Å². The first-order chi connectivity index (χ1) is 30.1. The second-order valence-electron chi connectivity index (χ2n) is 17.3. The SMILES string of the molecule is CC1=CC2[C@H](Cc3c(cc(C)c4ccccc34)C23c2ccccc2-c2ccc(-c4ccc(N(c5ccccc5)c5ccc(-c6ccccc6)cc5)cc4)cc23)c2ccccc21. The second kappa shape index (κ2) is 13.9. The Morgan fingerprint density at radius 3 is 1.70 bits per heavy atom. The van der Waals surface area contributed by atoms with Crippen molar-refractivity contribution in [3.8, 4) is 33.4 Å². The van der Waals surface area contributed by atoms with Crippen molar-refractivity contribution in [2.45, 2.75) is 31.6 Å². The van der Waals surface area contributed by atoms with Crippen molar-refractivity contribution in [2.75, 3.05) is 4.90 Å². The van der Waals surface area contributed by atoms with Crippen molar-refractivity contribution in [3.05, 3.63) is 251 Å². The van der Waals surface area contributed by atoms with Crippen LogP contribution >= 0.6 is 0 Å². The first kappa shape index (κ1) is 35.7. The number of nitrogens with zero attached hydrogens (tertiary/aromatic N) is 1. The van der Waals surface area contributed by atoms with E-state index in [-0.39, 0.29) is 11.3 Å². The molecule has 0 radical (unpaired) electrons. The number of benzene rings is 9. The van der Waals surface area contributed by atoms with E-state index in [1.54, 1.807) is 0 Å². The summed E-state index contributed by atoms with van der Waals surface area (Å²) in [6.45, 7) is 4.65. The fourth-order valence-electron chi connectivity index (χ4n) is 11.5. The molecule has 9 aromatic carbocycles. The zero-order valence-electron chi connectivity index (χ0n) is 34.5. The lowest BCUT2D eigenvalue weighted by atomic mass is 9.51. The van der Waals surface area contributed by atoms with E-state index in [9.17, 15) is 0 Å². The number of fused-ring (bicyclic) bond motifs is 13. The Hall–Kier alpha value is -7.22. The summed E-state index contributed by atoms with van der Waals surface area (Å²) in [6, 6.07) is 77.0. The zero-order valence-corrected chi connectivity index (χ0v) is 34.5. The molecule has 0 saturated carbocycles. The smallest absolute Gasteiger partial charge is 0.0535 e. The fraction of sp³-hybridized carbons (Fsp3) is 0.100. The third-order valence-electron chi connectivity index (χ3n) is 14.2. The Kier molecular flexibility index (Phi) is 8.15. The van der Waals surface area contributed by atoms with Gasteiger partial charge in [0.05, 0.1) is 5.41 Å². The molecule has 0 amide bonds. The van der Waals surface area contributed by atoms with Crippen LogP contribution in [0, 0.1) is 12.8 Å². The number of hydrogen-bond acceptors (Lipinski definition) is 1. The van der Waals surface area contributed by atoms with Crippen LogP contribution in [0.2, 0.25) is 0 Å². The predicted molar refractivity (Wildman–Crippen MR) is 256 cm³/mol. The molecule has 1 spiro atoms. The number of rotatable bonds is 5. The van der Waals surface area contributed by atoms with Crippen LogP contribution in [-0.4, -0.2) is 0 Å². The first-order valence-electron chi connectivity index (χ1n) is 21.7. The maximum absolute atomic E-state index is 2.65. The normalized spacial score (nSPS) is 18.1. The summed E-state index contributed by atoms with van der Waals surface area (Å²) in [6.07, 6.45) is 3.67. The molecule has 0 heterocycles. The number of hydrogen-bond donors (Lipinski definition) is 0. The quantitative estimate of drug-likeness (QED) is 0.168. The third-order valence-corrected chi connectivity index (χ3v) is 14.2. The maximum atomic E-state index is 2.65. The molecule has 3 aliphatic rings. The molecule has 0 saturated heterocycles. The van der Waals surface area contributed by atoms with Gasteiger partial charge in [0.1, 0.15) is 0 Å². The molecule has 2 unspecified atom stereocenters. The summed E-state index contributed by atoms with van der Waals surface area (Å²) in [7, 11) is 0. The van der Waals surface area contributed by atoms with Gasteiger partial charge in [0, 0.05) is 23.0 Å². The summed E-state index contributed by atoms with van der Waals surface area (Å²) in [4.78, 5) is 2.36. The van der Waals surface area contributed by atoms with E-state index < -0.39 is 0 Å². The monoisotopic (exact) mass is 779 g/mol. The lowest BCUT2D eigenvalue weighted by Gasteiger charge is -2.50. The van der Waals surface area contributed by atoms with Gasteiger partial charge in [0.2, 0.25) is 0 Å². The van der Waals surface area contributed by atoms with Crippen LogP contribution in [0.5, 0.6) is 0 Å². The molecule has 1 nitrogen and oxygen atoms in total. The van der Waals surface area contributed by atoms with Gasteiger partial charge < -0.3 is 4.90 Å². The highest BCUT2D eigenvalue weighted by Gasteiger charge is 2.56. The minimum Gasteiger partial charge on any atom is -0.311 e. The van der Waals surface area contributed by atoms with E-state index in [4.69, 9.17) is 0 Å². The van der Waals surface area contributed by atoms with Gasteiger partial charge in [-0.1, -0.05) is 170 Å². The summed E-state index contributed by atoms with van der Waals surface area (Å²) >= 11 is 0. The van der Waals surface area contributed by atoms with Crippen LogP contribution in [0.4, 0.5) is 17.1 Å². The number of aryl methyl sites for hydroxylation is 1. The van der Waals surface area contributed by atoms with E-state index in [0.717, 1.165) is 23.5 Å². The molecular formula is C60H45N. The molecule has 9 aromatic rings. The predicted octanol–water partition coefficient (Wildman–Crippen LogP) is 15.6. The Labute approximate surface area is 358 Å². The van der Waals surface area contributed by atoms with Crippen molar-refractivity contribution < 1.29 is 0 Å². The third kappa shape index (κ3) is 5.40. The highest BCUT2D eigenvalue weighted by Crippen LogP contribution is 2.65. The van der Waals surface area contributed by atoms with Gasteiger partial charge in [0.25, 0.3) is 0 Å². The molecule has 0 aromatic heterocycles. The zero-order chi connectivity index (χ0) is 40.7. The van der Waals surface area contributed by atoms with E-state index >= 15 is 0 Å². The Balaban J connectivity index is 1.03. The summed E-state index contributed by atoms with van der Waals surface area (Å²) in [5, 5.41) is 2.76. The van der Waals surface area contributed by atoms with E-state index in [2.05, 4.69) is 231 Å². The number of para-hydroxylation sites is 1. The van der Waals surface area contributed by atoms with Gasteiger partial charge in [-0.3, -0.25) is 0 Å². The van der Waals surface area contributed by atoms with Crippen molar-refractivity contribution in [1.29, 1.82) is 0 Å². The lowest BCUT2D eigenvalue weighted by Crippen LogP contribution is -2.45. The molecule has 3 atom stereocenters. The van der Waals surface area contributed by atoms with Crippen LogP contribution in [0.3, 0.4) is 0 Å². The Morgan fingerprint density at radius 1 is 0.426 bits per heavy atom. The van der Waals surface area contributed by atoms with Crippen molar-refractivity contribution in [3.63, 3.8) is 0 Å². The standard InChI is InChI=1S/C60H45N/c1-39-35-57-54(50-21-11-9-19-48(39)50)38-55-51-22-12-10-20-49(51)40(2)36-58(55)60(57)56-24-14-13-23-52(56)53-34-29-44(37-59(53)60)43-27-32-47(33-28-43)61(45-17-7-4-8-18-45)46-30-25-42(26-31-46)41-15-5-3-6-16-41/h3-37,54,57H,38H2,1-2H3/t54-,57?,60?/m1/s1. The molecule has 1 heteroatoms. The molecule has 0 fully saturated rings. The molecule has 12 rings (SSSR count). The van der Waals surface area contributed by atoms with E-state index in [1.165, 1.54) is 88.7 Å². The van der Waals surface area contributed by atoms with Crippen LogP contribution in [0.1, 0.15) is 51.8 Å². The van der Waals surface area contributed by atoms with Crippen LogP contribution in [0.25, 0.3) is 49.7 Å². The Morgan fingerprint density at radius 2 is 0.967 bits per heavy atom. The topological polar surface area (TPSA) is 3.24 Å². The molecule has 290 valence electrons. The van der Waals surface area contributed by atoms with Gasteiger partial charge in [-0.2, -0.15) is 0 Å². The van der Waals surface area contributed by atoms with Crippen LogP contribution < -0.4 is 4.90 Å². The van der Waals surface area contributed by atoms with Crippen LogP contribution in [0.15, 0.2) is 212 Å². The minimum absolute atomic E-state index is 0.253. The summed E-state index contributed by atoms with van der Waals surface area (Å²) in [5.41, 5.74) is 22.1. The molecule has 3 aliphatic carbocycles. The molecule has 0 bridgehead atoms. The van der Waals surface area contributed by atoms with E-state index in [1.807, 2.05) is 0 Å². The summed E-state index contributed by atoms with van der Waals surface area (Å²) in [5.74, 6) is 0.592. The highest BCUT2D eigenvalue weighted by molar-refractivity contribution is 5.95. The maximum Gasteiger partial charge on any atom is 0.0535 e. The molecular weight excluding hydrogens is 735 g/mol. The molecule has 0 N–H and O–H groups in total. The molecule has 0 aliphatic heterocycles. The van der Waals surface area contributed by atoms with Gasteiger partial charge in [-0.15, -0.1) is 0 Å². The Bertz CT molecular complexity index is 3180. The van der Waals surface area contributed by atoms with E-state index in [0.29, 0.717) is 5.92 Å². The fourth-order valence-corrected chi connectivity index (χ4v) is 11.5. The second-order valence-corrected chi connectivity index (χ2v) is 17.3. The number of allylic oxidation sites excluding steroid dienone is 2. The van der Waals surface area contributed by atoms with Gasteiger partial charge in [-0.05, 0) is 157 Å². The van der Waals surface area contributed by atoms with Gasteiger partial charge in [0.15, 0.2) is 0 Å². The first-order valence-corrected chi connectivity index (χ1v) is 21.7. The van der Waals surface area contributed by atoms with Crippen molar-refractivity contribution in [1.82, 2.24) is 0 Å². The largest absolute Gasteiger partial charge is 0.311 e.